The fourth-order valence-corrected chi connectivity index (χ4v) is 3.90. The molecule has 1 atom stereocenters. The second-order valence-electron chi connectivity index (χ2n) is 8.47. The topological polar surface area (TPSA) is 75.7 Å². The molecule has 1 aliphatic heterocycles. The number of hydrogen-bond acceptors (Lipinski definition) is 4. The molecule has 1 heterocycles. The largest absolute Gasteiger partial charge is 0.455 e. The van der Waals surface area contributed by atoms with Crippen LogP contribution in [0.5, 0.6) is 0 Å². The van der Waals surface area contributed by atoms with E-state index in [-0.39, 0.29) is 37.3 Å². The van der Waals surface area contributed by atoms with Crippen molar-refractivity contribution in [2.45, 2.75) is 47.0 Å². The fourth-order valence-electron chi connectivity index (χ4n) is 3.90. The van der Waals surface area contributed by atoms with Gasteiger partial charge >= 0.3 is 5.97 Å². The Labute approximate surface area is 183 Å². The SMILES string of the molecule is Cc1cccc(N2C[C@@H](C(=O)OCC(=O)Nc3c(C)cccc3C(C)C)CC2=O)c1C. The third-order valence-corrected chi connectivity index (χ3v) is 5.86. The lowest BCUT2D eigenvalue weighted by Crippen LogP contribution is -2.29. The number of benzene rings is 2. The summed E-state index contributed by atoms with van der Waals surface area (Å²) in [6.45, 7) is 9.89. The van der Waals surface area contributed by atoms with Crippen molar-refractivity contribution in [1.82, 2.24) is 0 Å². The van der Waals surface area contributed by atoms with Gasteiger partial charge in [-0.05, 0) is 55.0 Å². The van der Waals surface area contributed by atoms with Crippen LogP contribution in [0, 0.1) is 26.7 Å². The van der Waals surface area contributed by atoms with Gasteiger partial charge in [-0.2, -0.15) is 0 Å². The van der Waals surface area contributed by atoms with Gasteiger partial charge in [0.25, 0.3) is 5.91 Å². The van der Waals surface area contributed by atoms with E-state index < -0.39 is 11.9 Å². The molecule has 1 N–H and O–H groups in total. The molecule has 1 saturated heterocycles. The molecule has 0 aliphatic carbocycles. The van der Waals surface area contributed by atoms with Crippen LogP contribution in [0.15, 0.2) is 36.4 Å². The van der Waals surface area contributed by atoms with Gasteiger partial charge in [0.05, 0.1) is 5.92 Å². The molecule has 6 nitrogen and oxygen atoms in total. The Morgan fingerprint density at radius 3 is 2.48 bits per heavy atom. The Balaban J connectivity index is 1.60. The maximum atomic E-state index is 12.5. The first-order valence-electron chi connectivity index (χ1n) is 10.6. The fraction of sp³-hybridized carbons (Fsp3) is 0.400. The summed E-state index contributed by atoms with van der Waals surface area (Å²) in [6, 6.07) is 11.6. The molecule has 2 amide bonds. The van der Waals surface area contributed by atoms with Crippen LogP contribution in [0.3, 0.4) is 0 Å². The van der Waals surface area contributed by atoms with Gasteiger partial charge in [-0.15, -0.1) is 0 Å². The van der Waals surface area contributed by atoms with Gasteiger partial charge in [0.15, 0.2) is 6.61 Å². The third-order valence-electron chi connectivity index (χ3n) is 5.86. The minimum Gasteiger partial charge on any atom is -0.455 e. The number of carbonyl (C=O) groups is 3. The number of rotatable bonds is 6. The number of carbonyl (C=O) groups excluding carboxylic acids is 3. The van der Waals surface area contributed by atoms with Crippen LogP contribution in [0.1, 0.15) is 48.4 Å². The Morgan fingerprint density at radius 1 is 1.10 bits per heavy atom. The number of esters is 1. The molecule has 1 fully saturated rings. The van der Waals surface area contributed by atoms with E-state index in [9.17, 15) is 14.4 Å². The zero-order valence-corrected chi connectivity index (χ0v) is 18.8. The summed E-state index contributed by atoms with van der Waals surface area (Å²) in [5.41, 5.74) is 5.67. The number of aryl methyl sites for hydroxylation is 2. The van der Waals surface area contributed by atoms with E-state index in [0.29, 0.717) is 0 Å². The Hall–Kier alpha value is -3.15. The van der Waals surface area contributed by atoms with E-state index in [1.165, 1.54) is 0 Å². The number of hydrogen-bond donors (Lipinski definition) is 1. The molecule has 3 rings (SSSR count). The van der Waals surface area contributed by atoms with Crippen LogP contribution in [0.4, 0.5) is 11.4 Å². The second-order valence-corrected chi connectivity index (χ2v) is 8.47. The average molecular weight is 423 g/mol. The molecule has 0 saturated carbocycles. The maximum absolute atomic E-state index is 12.5. The summed E-state index contributed by atoms with van der Waals surface area (Å²) in [4.78, 5) is 39.1. The summed E-state index contributed by atoms with van der Waals surface area (Å²) in [5.74, 6) is -1.35. The number of para-hydroxylation sites is 1. The van der Waals surface area contributed by atoms with E-state index in [2.05, 4.69) is 19.2 Å². The average Bonchev–Trinajstić information content (AvgIpc) is 3.11. The van der Waals surface area contributed by atoms with Gasteiger partial charge in [0.2, 0.25) is 5.91 Å². The first-order chi connectivity index (χ1) is 14.7. The van der Waals surface area contributed by atoms with E-state index in [0.717, 1.165) is 33.6 Å². The molecule has 0 bridgehead atoms. The zero-order valence-electron chi connectivity index (χ0n) is 18.8. The lowest BCUT2D eigenvalue weighted by atomic mass is 9.98. The number of nitrogens with zero attached hydrogens (tertiary/aromatic N) is 1. The van der Waals surface area contributed by atoms with Crippen molar-refractivity contribution in [1.29, 1.82) is 0 Å². The van der Waals surface area contributed by atoms with Gasteiger partial charge < -0.3 is 15.0 Å². The highest BCUT2D eigenvalue weighted by molar-refractivity contribution is 6.00. The van der Waals surface area contributed by atoms with Crippen molar-refractivity contribution in [3.63, 3.8) is 0 Å². The van der Waals surface area contributed by atoms with Gasteiger partial charge in [0, 0.05) is 24.3 Å². The molecule has 164 valence electrons. The summed E-state index contributed by atoms with van der Waals surface area (Å²) in [5, 5.41) is 2.87. The van der Waals surface area contributed by atoms with E-state index in [4.69, 9.17) is 4.74 Å². The van der Waals surface area contributed by atoms with Crippen molar-refractivity contribution >= 4 is 29.2 Å². The molecule has 0 aromatic heterocycles. The van der Waals surface area contributed by atoms with Gasteiger partial charge in [-0.3, -0.25) is 14.4 Å². The minimum atomic E-state index is -0.579. The second kappa shape index (κ2) is 9.33. The van der Waals surface area contributed by atoms with Gasteiger partial charge in [-0.1, -0.05) is 44.2 Å². The standard InChI is InChI=1S/C25H30N2O4/c1-15(2)20-10-6-9-17(4)24(20)26-22(28)14-31-25(30)19-12-23(29)27(13-19)21-11-7-8-16(3)18(21)5/h6-11,15,19H,12-14H2,1-5H3,(H,26,28)/t19-/m0/s1. The summed E-state index contributed by atoms with van der Waals surface area (Å²) >= 11 is 0. The van der Waals surface area contributed by atoms with Gasteiger partial charge in [0.1, 0.15) is 0 Å². The zero-order chi connectivity index (χ0) is 22.7. The Kier molecular flexibility index (Phi) is 6.78. The summed E-state index contributed by atoms with van der Waals surface area (Å²) in [6.07, 6.45) is 0.0864. The molecule has 2 aromatic carbocycles. The van der Waals surface area contributed by atoms with E-state index in [1.54, 1.807) is 4.90 Å². The molecule has 0 radical (unpaired) electrons. The molecule has 6 heteroatoms. The normalized spacial score (nSPS) is 16.0. The lowest BCUT2D eigenvalue weighted by Gasteiger charge is -2.20. The summed E-state index contributed by atoms with van der Waals surface area (Å²) in [7, 11) is 0. The van der Waals surface area contributed by atoms with Gasteiger partial charge in [-0.25, -0.2) is 0 Å². The number of anilines is 2. The van der Waals surface area contributed by atoms with E-state index >= 15 is 0 Å². The predicted molar refractivity (Wildman–Crippen MR) is 121 cm³/mol. The number of amides is 2. The van der Waals surface area contributed by atoms with Crippen molar-refractivity contribution in [2.75, 3.05) is 23.4 Å². The van der Waals surface area contributed by atoms with Crippen LogP contribution in [-0.4, -0.2) is 30.9 Å². The Morgan fingerprint density at radius 2 is 1.77 bits per heavy atom. The monoisotopic (exact) mass is 422 g/mol. The molecular formula is C25H30N2O4. The number of ether oxygens (including phenoxy) is 1. The highest BCUT2D eigenvalue weighted by Crippen LogP contribution is 2.30. The van der Waals surface area contributed by atoms with Crippen LogP contribution in [0.25, 0.3) is 0 Å². The maximum Gasteiger partial charge on any atom is 0.311 e. The van der Waals surface area contributed by atoms with Crippen molar-refractivity contribution < 1.29 is 19.1 Å². The first kappa shape index (κ1) is 22.5. The number of nitrogens with one attached hydrogen (secondary N) is 1. The molecule has 2 aromatic rings. The van der Waals surface area contributed by atoms with E-state index in [1.807, 2.05) is 57.2 Å². The first-order valence-corrected chi connectivity index (χ1v) is 10.6. The van der Waals surface area contributed by atoms with Crippen LogP contribution < -0.4 is 10.2 Å². The molecule has 0 spiro atoms. The highest BCUT2D eigenvalue weighted by atomic mass is 16.5. The van der Waals surface area contributed by atoms with Crippen LogP contribution in [0.2, 0.25) is 0 Å². The van der Waals surface area contributed by atoms with Crippen LogP contribution in [-0.2, 0) is 19.1 Å². The highest BCUT2D eigenvalue weighted by Gasteiger charge is 2.37. The smallest absolute Gasteiger partial charge is 0.311 e. The Bertz CT molecular complexity index is 1010. The molecular weight excluding hydrogens is 392 g/mol. The third kappa shape index (κ3) is 4.95. The minimum absolute atomic E-state index is 0.0864. The quantitative estimate of drug-likeness (QED) is 0.706. The lowest BCUT2D eigenvalue weighted by molar-refractivity contribution is -0.151. The van der Waals surface area contributed by atoms with Crippen molar-refractivity contribution in [2.24, 2.45) is 5.92 Å². The summed E-state index contributed by atoms with van der Waals surface area (Å²) < 4.78 is 5.26. The predicted octanol–water partition coefficient (Wildman–Crippen LogP) is 4.27. The molecule has 31 heavy (non-hydrogen) atoms. The van der Waals surface area contributed by atoms with Crippen molar-refractivity contribution in [3.05, 3.63) is 58.7 Å². The van der Waals surface area contributed by atoms with Crippen molar-refractivity contribution in [3.8, 4) is 0 Å². The molecule has 1 aliphatic rings. The van der Waals surface area contributed by atoms with Crippen LogP contribution >= 0.6 is 0 Å². The molecule has 0 unspecified atom stereocenters.